The third-order valence-electron chi connectivity index (χ3n) is 2.62. The van der Waals surface area contributed by atoms with Crippen LogP contribution < -0.4 is 0 Å². The smallest absolute Gasteiger partial charge is 0.316 e. The fraction of sp³-hybridized carbons (Fsp3) is 0.833. The van der Waals surface area contributed by atoms with Gasteiger partial charge in [-0.25, -0.2) is 0 Å². The number of carboxylic acid groups (broad SMARTS) is 1. The quantitative estimate of drug-likeness (QED) is 0.707. The van der Waals surface area contributed by atoms with E-state index in [0.717, 1.165) is 6.42 Å². The highest BCUT2D eigenvalue weighted by Gasteiger charge is 2.31. The molecule has 0 saturated heterocycles. The third-order valence-corrected chi connectivity index (χ3v) is 2.62. The SMILES string of the molecule is CC(C)CCN(C)C(=O)C(C(=O)O)C(C)C. The number of hydrogen-bond acceptors (Lipinski definition) is 2. The van der Waals surface area contributed by atoms with Gasteiger partial charge in [-0.2, -0.15) is 0 Å². The maximum atomic E-state index is 11.9. The van der Waals surface area contributed by atoms with Gasteiger partial charge in [0.15, 0.2) is 0 Å². The zero-order chi connectivity index (χ0) is 12.9. The molecule has 0 aliphatic rings. The molecule has 0 heterocycles. The minimum absolute atomic E-state index is 0.175. The van der Waals surface area contributed by atoms with E-state index in [1.165, 1.54) is 4.90 Å². The zero-order valence-electron chi connectivity index (χ0n) is 10.9. The number of carbonyl (C=O) groups excluding carboxylic acids is 1. The van der Waals surface area contributed by atoms with Gasteiger partial charge in [-0.05, 0) is 18.3 Å². The molecule has 0 fully saturated rings. The molecule has 94 valence electrons. The average molecular weight is 229 g/mol. The first-order valence-corrected chi connectivity index (χ1v) is 5.75. The number of aliphatic carboxylic acids is 1. The van der Waals surface area contributed by atoms with Gasteiger partial charge in [0, 0.05) is 13.6 Å². The molecule has 0 aromatic carbocycles. The van der Waals surface area contributed by atoms with Crippen LogP contribution in [0.2, 0.25) is 0 Å². The van der Waals surface area contributed by atoms with Crippen molar-refractivity contribution in [1.82, 2.24) is 4.90 Å². The predicted molar refractivity (Wildman–Crippen MR) is 63.1 cm³/mol. The number of hydrogen-bond donors (Lipinski definition) is 1. The molecule has 0 radical (unpaired) electrons. The van der Waals surface area contributed by atoms with E-state index in [1.54, 1.807) is 20.9 Å². The standard InChI is InChI=1S/C12H23NO3/c1-8(2)6-7-13(5)11(14)10(9(3)4)12(15)16/h8-10H,6-7H2,1-5H3,(H,15,16). The molecule has 0 aromatic rings. The van der Waals surface area contributed by atoms with E-state index in [2.05, 4.69) is 13.8 Å². The van der Waals surface area contributed by atoms with Crippen LogP contribution in [0.5, 0.6) is 0 Å². The Morgan fingerprint density at radius 1 is 1.19 bits per heavy atom. The number of nitrogens with zero attached hydrogens (tertiary/aromatic N) is 1. The summed E-state index contributed by atoms with van der Waals surface area (Å²) in [6, 6.07) is 0. The van der Waals surface area contributed by atoms with E-state index in [-0.39, 0.29) is 11.8 Å². The Hall–Kier alpha value is -1.06. The van der Waals surface area contributed by atoms with E-state index < -0.39 is 11.9 Å². The summed E-state index contributed by atoms with van der Waals surface area (Å²) in [5.74, 6) is -1.90. The average Bonchev–Trinajstić information content (AvgIpc) is 2.12. The Morgan fingerprint density at radius 3 is 2.00 bits per heavy atom. The van der Waals surface area contributed by atoms with E-state index in [4.69, 9.17) is 5.11 Å². The first kappa shape index (κ1) is 14.9. The Morgan fingerprint density at radius 2 is 1.69 bits per heavy atom. The first-order chi connectivity index (χ1) is 7.27. The van der Waals surface area contributed by atoms with Crippen molar-refractivity contribution in [2.24, 2.45) is 17.8 Å². The largest absolute Gasteiger partial charge is 0.481 e. The fourth-order valence-electron chi connectivity index (χ4n) is 1.48. The van der Waals surface area contributed by atoms with Gasteiger partial charge in [0.2, 0.25) is 5.91 Å². The maximum Gasteiger partial charge on any atom is 0.316 e. The Balaban J connectivity index is 4.44. The minimum atomic E-state index is -1.03. The molecule has 0 rings (SSSR count). The van der Waals surface area contributed by atoms with Crippen LogP contribution in [0.25, 0.3) is 0 Å². The Kier molecular flexibility index (Phi) is 6.08. The highest BCUT2D eigenvalue weighted by atomic mass is 16.4. The fourth-order valence-corrected chi connectivity index (χ4v) is 1.48. The lowest BCUT2D eigenvalue weighted by Crippen LogP contribution is -2.40. The van der Waals surface area contributed by atoms with Crippen LogP contribution in [0.3, 0.4) is 0 Å². The van der Waals surface area contributed by atoms with Gasteiger partial charge in [-0.15, -0.1) is 0 Å². The highest BCUT2D eigenvalue weighted by Crippen LogP contribution is 2.14. The van der Waals surface area contributed by atoms with Crippen LogP contribution in [-0.2, 0) is 9.59 Å². The van der Waals surface area contributed by atoms with E-state index in [0.29, 0.717) is 12.5 Å². The zero-order valence-corrected chi connectivity index (χ0v) is 10.9. The molecule has 4 nitrogen and oxygen atoms in total. The van der Waals surface area contributed by atoms with Gasteiger partial charge in [0.05, 0.1) is 0 Å². The monoisotopic (exact) mass is 229 g/mol. The molecule has 1 amide bonds. The number of carboxylic acids is 1. The van der Waals surface area contributed by atoms with Crippen molar-refractivity contribution in [1.29, 1.82) is 0 Å². The maximum absolute atomic E-state index is 11.9. The van der Waals surface area contributed by atoms with Crippen molar-refractivity contribution in [3.05, 3.63) is 0 Å². The van der Waals surface area contributed by atoms with Crippen LogP contribution >= 0.6 is 0 Å². The van der Waals surface area contributed by atoms with Crippen LogP contribution in [0.4, 0.5) is 0 Å². The molecule has 1 unspecified atom stereocenters. The van der Waals surface area contributed by atoms with Crippen molar-refractivity contribution in [2.75, 3.05) is 13.6 Å². The van der Waals surface area contributed by atoms with Crippen LogP contribution in [0.15, 0.2) is 0 Å². The molecule has 4 heteroatoms. The predicted octanol–water partition coefficient (Wildman–Crippen LogP) is 1.85. The van der Waals surface area contributed by atoms with Crippen molar-refractivity contribution in [3.8, 4) is 0 Å². The summed E-state index contributed by atoms with van der Waals surface area (Å²) >= 11 is 0. The first-order valence-electron chi connectivity index (χ1n) is 5.75. The minimum Gasteiger partial charge on any atom is -0.481 e. The number of carbonyl (C=O) groups is 2. The Bertz CT molecular complexity index is 249. The summed E-state index contributed by atoms with van der Waals surface area (Å²) < 4.78 is 0. The summed E-state index contributed by atoms with van der Waals surface area (Å²) in [5.41, 5.74) is 0. The second-order valence-corrected chi connectivity index (χ2v) is 5.00. The molecule has 0 bridgehead atoms. The van der Waals surface area contributed by atoms with Crippen LogP contribution in [0.1, 0.15) is 34.1 Å². The summed E-state index contributed by atoms with van der Waals surface area (Å²) in [6.45, 7) is 8.29. The molecule has 1 N–H and O–H groups in total. The molecule has 1 atom stereocenters. The van der Waals surface area contributed by atoms with Crippen molar-refractivity contribution in [3.63, 3.8) is 0 Å². The van der Waals surface area contributed by atoms with Gasteiger partial charge < -0.3 is 10.0 Å². The second kappa shape index (κ2) is 6.51. The lowest BCUT2D eigenvalue weighted by molar-refractivity contribution is -0.152. The third kappa shape index (κ3) is 4.64. The van der Waals surface area contributed by atoms with E-state index in [9.17, 15) is 9.59 Å². The molecule has 0 aliphatic carbocycles. The molecular formula is C12H23NO3. The summed E-state index contributed by atoms with van der Waals surface area (Å²) in [6.07, 6.45) is 0.896. The van der Waals surface area contributed by atoms with Gasteiger partial charge >= 0.3 is 5.97 Å². The molecule has 0 saturated carbocycles. The van der Waals surface area contributed by atoms with Crippen LogP contribution in [-0.4, -0.2) is 35.5 Å². The molecular weight excluding hydrogens is 206 g/mol. The summed E-state index contributed by atoms with van der Waals surface area (Å²) in [4.78, 5) is 24.4. The topological polar surface area (TPSA) is 57.6 Å². The van der Waals surface area contributed by atoms with Gasteiger partial charge in [-0.1, -0.05) is 27.7 Å². The normalized spacial score (nSPS) is 12.9. The summed E-state index contributed by atoms with van der Waals surface area (Å²) in [5, 5.41) is 8.99. The molecule has 0 aliphatic heterocycles. The molecule has 0 spiro atoms. The van der Waals surface area contributed by atoms with Crippen molar-refractivity contribution >= 4 is 11.9 Å². The summed E-state index contributed by atoms with van der Waals surface area (Å²) in [7, 11) is 1.67. The highest BCUT2D eigenvalue weighted by molar-refractivity contribution is 5.97. The van der Waals surface area contributed by atoms with Crippen LogP contribution in [0, 0.1) is 17.8 Å². The number of rotatable bonds is 6. The van der Waals surface area contributed by atoms with E-state index >= 15 is 0 Å². The van der Waals surface area contributed by atoms with Gasteiger partial charge in [0.1, 0.15) is 5.92 Å². The van der Waals surface area contributed by atoms with Crippen molar-refractivity contribution < 1.29 is 14.7 Å². The van der Waals surface area contributed by atoms with Gasteiger partial charge in [-0.3, -0.25) is 9.59 Å². The molecule has 0 aromatic heterocycles. The lowest BCUT2D eigenvalue weighted by atomic mass is 9.94. The number of amides is 1. The van der Waals surface area contributed by atoms with Crippen molar-refractivity contribution in [2.45, 2.75) is 34.1 Å². The Labute approximate surface area is 97.6 Å². The molecule has 16 heavy (non-hydrogen) atoms. The van der Waals surface area contributed by atoms with Gasteiger partial charge in [0.25, 0.3) is 0 Å². The lowest BCUT2D eigenvalue weighted by Gasteiger charge is -2.24. The van der Waals surface area contributed by atoms with E-state index in [1.807, 2.05) is 0 Å². The second-order valence-electron chi connectivity index (χ2n) is 5.00.